The second kappa shape index (κ2) is 35.4. The Morgan fingerprint density at radius 3 is 1.58 bits per heavy atom. The number of aryl methyl sites for hydroxylation is 2. The van der Waals surface area contributed by atoms with E-state index < -0.39 is 0 Å². The molecule has 0 aliphatic heterocycles. The summed E-state index contributed by atoms with van der Waals surface area (Å²) in [4.78, 5) is 33.7. The highest BCUT2D eigenvalue weighted by Gasteiger charge is 2.19. The highest BCUT2D eigenvalue weighted by atomic mass is 16.1. The van der Waals surface area contributed by atoms with Gasteiger partial charge in [-0.1, -0.05) is 119 Å². The van der Waals surface area contributed by atoms with Crippen LogP contribution in [-0.2, 0) is 20.8 Å². The Morgan fingerprint density at radius 2 is 1.22 bits per heavy atom. The highest BCUT2D eigenvalue weighted by molar-refractivity contribution is 5.86. The van der Waals surface area contributed by atoms with Crippen LogP contribution in [0.5, 0.6) is 0 Å². The number of benzene rings is 1. The smallest absolute Gasteiger partial charge is 0.133 e. The van der Waals surface area contributed by atoms with Crippen LogP contribution in [-0.4, -0.2) is 17.3 Å². The first-order valence-electron chi connectivity index (χ1n) is 14.7. The molecule has 0 radical (unpaired) electrons. The van der Waals surface area contributed by atoms with E-state index in [1.54, 1.807) is 13.8 Å². The maximum Gasteiger partial charge on any atom is 0.133 e. The molecule has 0 aliphatic rings. The van der Waals surface area contributed by atoms with E-state index in [2.05, 4.69) is 52.0 Å². The van der Waals surface area contributed by atoms with Crippen molar-refractivity contribution in [3.8, 4) is 0 Å². The molecule has 0 unspecified atom stereocenters. The fraction of sp³-hybridized carbons (Fsp3) is 0.727. The van der Waals surface area contributed by atoms with E-state index in [-0.39, 0.29) is 23.3 Å². The Labute approximate surface area is 227 Å². The second-order valence-corrected chi connectivity index (χ2v) is 8.32. The summed E-state index contributed by atoms with van der Waals surface area (Å²) < 4.78 is 0. The van der Waals surface area contributed by atoms with Crippen LogP contribution in [0.15, 0.2) is 24.3 Å². The maximum atomic E-state index is 11.7. The number of hydrogen-bond donors (Lipinski definition) is 0. The largest absolute Gasteiger partial charge is 0.300 e. The number of carbonyl (C=O) groups excluding carboxylic acids is 3. The predicted molar refractivity (Wildman–Crippen MR) is 163 cm³/mol. The third-order valence-electron chi connectivity index (χ3n) is 4.75. The fourth-order valence-electron chi connectivity index (χ4n) is 2.99. The topological polar surface area (TPSA) is 51.2 Å². The van der Waals surface area contributed by atoms with Crippen LogP contribution in [0.1, 0.15) is 146 Å². The van der Waals surface area contributed by atoms with E-state index in [1.807, 2.05) is 55.4 Å². The molecule has 1 atom stereocenters. The lowest BCUT2D eigenvalue weighted by molar-refractivity contribution is -0.127. The van der Waals surface area contributed by atoms with Gasteiger partial charge in [0.05, 0.1) is 0 Å². The van der Waals surface area contributed by atoms with Gasteiger partial charge in [0.1, 0.15) is 17.3 Å². The zero-order chi connectivity index (χ0) is 29.5. The summed E-state index contributed by atoms with van der Waals surface area (Å²) in [6, 6.07) is 8.32. The summed E-state index contributed by atoms with van der Waals surface area (Å²) in [5.74, 6) is 1.12. The maximum absolute atomic E-state index is 11.7. The minimum absolute atomic E-state index is 0.0471. The van der Waals surface area contributed by atoms with Crippen molar-refractivity contribution >= 4 is 17.3 Å². The lowest BCUT2D eigenvalue weighted by Gasteiger charge is -2.15. The van der Waals surface area contributed by atoms with Crippen molar-refractivity contribution in [2.75, 3.05) is 0 Å². The van der Waals surface area contributed by atoms with E-state index in [4.69, 9.17) is 0 Å². The van der Waals surface area contributed by atoms with Crippen molar-refractivity contribution in [1.29, 1.82) is 0 Å². The van der Waals surface area contributed by atoms with Crippen LogP contribution in [0.25, 0.3) is 0 Å². The quantitative estimate of drug-likeness (QED) is 0.264. The first-order valence-corrected chi connectivity index (χ1v) is 14.7. The Bertz CT molecular complexity index is 585. The Balaban J connectivity index is -0.000000141. The van der Waals surface area contributed by atoms with E-state index in [9.17, 15) is 14.4 Å². The number of hydrogen-bond acceptors (Lipinski definition) is 3. The summed E-state index contributed by atoms with van der Waals surface area (Å²) >= 11 is 0. The molecule has 0 heterocycles. The summed E-state index contributed by atoms with van der Waals surface area (Å²) in [5, 5.41) is 0. The van der Waals surface area contributed by atoms with Gasteiger partial charge in [0.25, 0.3) is 0 Å². The van der Waals surface area contributed by atoms with Gasteiger partial charge in [-0.2, -0.15) is 0 Å². The molecule has 3 nitrogen and oxygen atoms in total. The van der Waals surface area contributed by atoms with Crippen molar-refractivity contribution in [3.05, 3.63) is 35.4 Å². The lowest BCUT2D eigenvalue weighted by Crippen LogP contribution is -2.18. The lowest BCUT2D eigenvalue weighted by atomic mass is 9.88. The van der Waals surface area contributed by atoms with Crippen molar-refractivity contribution in [1.82, 2.24) is 0 Å². The molecule has 0 saturated carbocycles. The van der Waals surface area contributed by atoms with Gasteiger partial charge in [-0.25, -0.2) is 0 Å². The average molecular weight is 509 g/mol. The van der Waals surface area contributed by atoms with Crippen LogP contribution in [0.4, 0.5) is 0 Å². The van der Waals surface area contributed by atoms with Crippen LogP contribution >= 0.6 is 0 Å². The molecule has 1 aromatic rings. The normalized spacial score (nSPS) is 9.64. The molecule has 1 aromatic carbocycles. The van der Waals surface area contributed by atoms with Gasteiger partial charge in [-0.15, -0.1) is 0 Å². The van der Waals surface area contributed by atoms with Crippen molar-refractivity contribution < 1.29 is 14.4 Å². The van der Waals surface area contributed by atoms with Crippen LogP contribution in [0.3, 0.4) is 0 Å². The molecule has 0 N–H and O–H groups in total. The molecule has 0 spiro atoms. The first-order chi connectivity index (χ1) is 17.1. The zero-order valence-electron chi connectivity index (χ0n) is 26.8. The second-order valence-electron chi connectivity index (χ2n) is 8.32. The molecule has 0 amide bonds. The molecule has 1 rings (SSSR count). The minimum atomic E-state index is -0.0471. The third-order valence-corrected chi connectivity index (χ3v) is 4.75. The molecular weight excluding hydrogens is 444 g/mol. The molecule has 0 bridgehead atoms. The summed E-state index contributed by atoms with van der Waals surface area (Å²) in [6.45, 7) is 27.6. The van der Waals surface area contributed by atoms with E-state index >= 15 is 0 Å². The fourth-order valence-corrected chi connectivity index (χ4v) is 2.99. The Morgan fingerprint density at radius 1 is 0.750 bits per heavy atom. The number of unbranched alkanes of at least 4 members (excludes halogenated alkanes) is 2. The SMILES string of the molecule is CC.CC.CC.CC.CC(=O)CCc1ccc(C)cc1.CCCCCC(=O)C[C@@H](CC(C)C)C(C)=O. The summed E-state index contributed by atoms with van der Waals surface area (Å²) in [5.41, 5.74) is 2.51. The van der Waals surface area contributed by atoms with Gasteiger partial charge in [0, 0.05) is 25.2 Å². The highest BCUT2D eigenvalue weighted by Crippen LogP contribution is 2.18. The molecule has 214 valence electrons. The molecule has 36 heavy (non-hydrogen) atoms. The predicted octanol–water partition coefficient (Wildman–Crippen LogP) is 10.4. The van der Waals surface area contributed by atoms with Gasteiger partial charge in [0.2, 0.25) is 0 Å². The summed E-state index contributed by atoms with van der Waals surface area (Å²) in [7, 11) is 0. The first kappa shape index (κ1) is 44.2. The van der Waals surface area contributed by atoms with Crippen molar-refractivity contribution in [2.24, 2.45) is 11.8 Å². The van der Waals surface area contributed by atoms with Gasteiger partial charge in [-0.3, -0.25) is 9.59 Å². The monoisotopic (exact) mass is 508 g/mol. The Kier molecular flexibility index (Phi) is 43.5. The number of carbonyl (C=O) groups is 3. The van der Waals surface area contributed by atoms with Gasteiger partial charge in [0.15, 0.2) is 0 Å². The van der Waals surface area contributed by atoms with Crippen molar-refractivity contribution in [3.63, 3.8) is 0 Å². The Hall–Kier alpha value is -1.77. The van der Waals surface area contributed by atoms with E-state index in [0.29, 0.717) is 25.2 Å². The molecular formula is C33H64O3. The third kappa shape index (κ3) is 34.4. The van der Waals surface area contributed by atoms with Crippen LogP contribution in [0.2, 0.25) is 0 Å². The zero-order valence-corrected chi connectivity index (χ0v) is 26.8. The summed E-state index contributed by atoms with van der Waals surface area (Å²) in [6.07, 6.45) is 6.69. The van der Waals surface area contributed by atoms with Gasteiger partial charge in [-0.05, 0) is 51.5 Å². The minimum Gasteiger partial charge on any atom is -0.300 e. The standard InChI is InChI=1S/C14H26O2.C11H14O.4C2H6/c1-5-6-7-8-14(16)10-13(12(4)15)9-11(2)3;1-9-3-6-11(7-4-9)8-5-10(2)12;4*1-2/h11,13H,5-10H2,1-4H3;3-4,6-7H,5,8H2,1-2H3;4*1-2H3/t13-;;;;;/m1...../s1. The van der Waals surface area contributed by atoms with E-state index in [1.165, 1.54) is 11.1 Å². The molecule has 0 fully saturated rings. The molecule has 0 aromatic heterocycles. The molecule has 3 heteroatoms. The van der Waals surface area contributed by atoms with Crippen LogP contribution in [0, 0.1) is 18.8 Å². The van der Waals surface area contributed by atoms with Crippen molar-refractivity contribution in [2.45, 2.75) is 148 Å². The number of Topliss-reactive ketones (excluding diaryl/α,β-unsaturated/α-hetero) is 3. The van der Waals surface area contributed by atoms with Crippen LogP contribution < -0.4 is 0 Å². The molecule has 0 saturated heterocycles. The number of ketones is 3. The number of rotatable bonds is 12. The average Bonchev–Trinajstić information content (AvgIpc) is 2.88. The van der Waals surface area contributed by atoms with E-state index in [0.717, 1.165) is 32.1 Å². The van der Waals surface area contributed by atoms with Gasteiger partial charge < -0.3 is 4.79 Å². The molecule has 0 aliphatic carbocycles. The van der Waals surface area contributed by atoms with Gasteiger partial charge >= 0.3 is 0 Å².